The molecule has 12 nitrogen and oxygen atoms in total. The first-order valence-electron chi connectivity index (χ1n) is 14.2. The van der Waals surface area contributed by atoms with E-state index in [-0.39, 0.29) is 17.6 Å². The largest absolute Gasteiger partial charge is 0.382 e. The summed E-state index contributed by atoms with van der Waals surface area (Å²) in [6.45, 7) is 0.564. The van der Waals surface area contributed by atoms with Gasteiger partial charge in [-0.3, -0.25) is 19.5 Å². The number of nitrogens with two attached hydrogens (primary N) is 1. The molecular weight excluding hydrogens is 578 g/mol. The van der Waals surface area contributed by atoms with E-state index in [0.29, 0.717) is 45.5 Å². The Kier molecular flexibility index (Phi) is 8.05. The number of hydrogen-bond acceptors (Lipinski definition) is 9. The van der Waals surface area contributed by atoms with Crippen molar-refractivity contribution in [2.75, 3.05) is 36.6 Å². The van der Waals surface area contributed by atoms with Crippen LogP contribution in [-0.4, -0.2) is 56.5 Å². The number of hydrogen-bond donors (Lipinski definition) is 3. The Bertz CT molecular complexity index is 1930. The van der Waals surface area contributed by atoms with Crippen molar-refractivity contribution in [2.45, 2.75) is 25.7 Å². The molecule has 44 heavy (non-hydrogen) atoms. The standard InChI is InChI=1S/C31H31N9O3S/c1-33-16-6-11-25(41)38(2)21-7-5-8-22(17-21)40-28-26(27(32)34-18-35-28)39(31(40)43)20-14-12-19(13-15-20)29(42)37-30-36-23-9-3-4-10-24(23)44-30/h5-8,11-15,17-18,33H,3-4,9-10,16H2,1-2H3,(H2,32,34,35)(H,36,37,42). The Morgan fingerprint density at radius 3 is 2.64 bits per heavy atom. The van der Waals surface area contributed by atoms with Crippen molar-refractivity contribution in [3.8, 4) is 11.4 Å². The van der Waals surface area contributed by atoms with Crippen LogP contribution in [0.3, 0.4) is 0 Å². The lowest BCUT2D eigenvalue weighted by Gasteiger charge is -2.16. The fourth-order valence-corrected chi connectivity index (χ4v) is 6.26. The van der Waals surface area contributed by atoms with Gasteiger partial charge < -0.3 is 16.0 Å². The zero-order valence-corrected chi connectivity index (χ0v) is 25.1. The number of carbonyl (C=O) groups is 2. The quantitative estimate of drug-likeness (QED) is 0.226. The molecule has 5 aromatic rings. The molecule has 3 heterocycles. The average Bonchev–Trinajstić information content (AvgIpc) is 3.58. The van der Waals surface area contributed by atoms with Crippen LogP contribution >= 0.6 is 11.3 Å². The maximum atomic E-state index is 14.0. The first-order chi connectivity index (χ1) is 21.4. The van der Waals surface area contributed by atoms with Gasteiger partial charge >= 0.3 is 5.69 Å². The van der Waals surface area contributed by atoms with Crippen molar-refractivity contribution in [3.05, 3.63) is 93.6 Å². The topological polar surface area (TPSA) is 153 Å². The highest BCUT2D eigenvalue weighted by atomic mass is 32.1. The first kappa shape index (κ1) is 29.0. The monoisotopic (exact) mass is 609 g/mol. The Hall–Kier alpha value is -5.14. The summed E-state index contributed by atoms with van der Waals surface area (Å²) < 4.78 is 2.85. The Labute approximate surface area is 256 Å². The van der Waals surface area contributed by atoms with Crippen LogP contribution in [0.5, 0.6) is 0 Å². The molecule has 224 valence electrons. The van der Waals surface area contributed by atoms with Crippen molar-refractivity contribution >= 4 is 51.0 Å². The maximum Gasteiger partial charge on any atom is 0.339 e. The van der Waals surface area contributed by atoms with Gasteiger partial charge in [0.1, 0.15) is 11.8 Å². The van der Waals surface area contributed by atoms with E-state index in [1.807, 2.05) is 0 Å². The van der Waals surface area contributed by atoms with Gasteiger partial charge in [-0.2, -0.15) is 0 Å². The molecular formula is C31H31N9O3S. The van der Waals surface area contributed by atoms with Gasteiger partial charge in [0.05, 0.1) is 17.1 Å². The number of aryl methyl sites for hydroxylation is 2. The molecule has 3 aromatic heterocycles. The fraction of sp³-hybridized carbons (Fsp3) is 0.226. The molecule has 0 aliphatic heterocycles. The first-order valence-corrected chi connectivity index (χ1v) is 15.0. The molecule has 2 aromatic carbocycles. The molecule has 0 spiro atoms. The van der Waals surface area contributed by atoms with E-state index >= 15 is 0 Å². The molecule has 1 aliphatic carbocycles. The Balaban J connectivity index is 1.33. The predicted octanol–water partition coefficient (Wildman–Crippen LogP) is 3.48. The van der Waals surface area contributed by atoms with Crippen molar-refractivity contribution in [1.29, 1.82) is 0 Å². The summed E-state index contributed by atoms with van der Waals surface area (Å²) in [6.07, 6.45) is 8.73. The summed E-state index contributed by atoms with van der Waals surface area (Å²) in [5.41, 5.74) is 9.55. The molecule has 4 N–H and O–H groups in total. The van der Waals surface area contributed by atoms with Gasteiger partial charge in [0.2, 0.25) is 5.91 Å². The van der Waals surface area contributed by atoms with Crippen LogP contribution in [0.15, 0.2) is 71.8 Å². The Morgan fingerprint density at radius 2 is 1.86 bits per heavy atom. The van der Waals surface area contributed by atoms with E-state index < -0.39 is 5.69 Å². The third-order valence-electron chi connectivity index (χ3n) is 7.49. The van der Waals surface area contributed by atoms with Gasteiger partial charge in [-0.05, 0) is 75.2 Å². The minimum Gasteiger partial charge on any atom is -0.382 e. The number of amides is 2. The van der Waals surface area contributed by atoms with Crippen molar-refractivity contribution in [2.24, 2.45) is 0 Å². The number of rotatable bonds is 8. The molecule has 6 rings (SSSR count). The number of nitrogens with one attached hydrogen (secondary N) is 2. The summed E-state index contributed by atoms with van der Waals surface area (Å²) in [6, 6.07) is 13.7. The fourth-order valence-electron chi connectivity index (χ4n) is 5.21. The number of nitrogens with zero attached hydrogens (tertiary/aromatic N) is 6. The number of thiazole rings is 1. The highest BCUT2D eigenvalue weighted by Gasteiger charge is 2.22. The van der Waals surface area contributed by atoms with E-state index in [0.717, 1.165) is 31.4 Å². The molecule has 0 atom stereocenters. The number of imidazole rings is 1. The average molecular weight is 610 g/mol. The number of anilines is 3. The number of benzene rings is 2. The van der Waals surface area contributed by atoms with Crippen LogP contribution < -0.4 is 27.0 Å². The van der Waals surface area contributed by atoms with Gasteiger partial charge in [-0.25, -0.2) is 24.3 Å². The van der Waals surface area contributed by atoms with Crippen LogP contribution in [0, 0.1) is 0 Å². The van der Waals surface area contributed by atoms with Gasteiger partial charge in [0.15, 0.2) is 16.6 Å². The van der Waals surface area contributed by atoms with Crippen LogP contribution in [0.25, 0.3) is 22.5 Å². The normalized spacial score (nSPS) is 12.9. The minimum absolute atomic E-state index is 0.124. The summed E-state index contributed by atoms with van der Waals surface area (Å²) in [7, 11) is 3.46. The third-order valence-corrected chi connectivity index (χ3v) is 8.56. The molecule has 0 saturated heterocycles. The molecule has 2 amide bonds. The van der Waals surface area contributed by atoms with E-state index in [9.17, 15) is 14.4 Å². The highest BCUT2D eigenvalue weighted by Crippen LogP contribution is 2.30. The lowest BCUT2D eigenvalue weighted by Crippen LogP contribution is -2.25. The predicted molar refractivity (Wildman–Crippen MR) is 172 cm³/mol. The van der Waals surface area contributed by atoms with E-state index in [2.05, 4.69) is 25.6 Å². The summed E-state index contributed by atoms with van der Waals surface area (Å²) in [4.78, 5) is 55.5. The summed E-state index contributed by atoms with van der Waals surface area (Å²) >= 11 is 1.53. The van der Waals surface area contributed by atoms with E-state index in [1.54, 1.807) is 68.7 Å². The van der Waals surface area contributed by atoms with Gasteiger partial charge in [0.25, 0.3) is 5.91 Å². The van der Waals surface area contributed by atoms with Crippen LogP contribution in [0.1, 0.15) is 33.8 Å². The minimum atomic E-state index is -0.433. The molecule has 0 saturated carbocycles. The van der Waals surface area contributed by atoms with Gasteiger partial charge in [0, 0.05) is 35.8 Å². The summed E-state index contributed by atoms with van der Waals surface area (Å²) in [5.74, 6) is -0.368. The molecule has 0 fully saturated rings. The second-order valence-corrected chi connectivity index (χ2v) is 11.4. The number of likely N-dealkylation sites (N-methyl/N-ethyl adjacent to an activating group) is 2. The number of nitrogen functional groups attached to an aromatic ring is 1. The molecule has 1 aliphatic rings. The molecule has 0 bridgehead atoms. The summed E-state index contributed by atoms with van der Waals surface area (Å²) in [5, 5.41) is 6.46. The van der Waals surface area contributed by atoms with E-state index in [4.69, 9.17) is 5.73 Å². The lowest BCUT2D eigenvalue weighted by molar-refractivity contribution is -0.113. The van der Waals surface area contributed by atoms with Gasteiger partial charge in [-0.1, -0.05) is 12.1 Å². The van der Waals surface area contributed by atoms with Crippen molar-refractivity contribution in [1.82, 2.24) is 29.4 Å². The zero-order valence-electron chi connectivity index (χ0n) is 24.3. The van der Waals surface area contributed by atoms with Crippen molar-refractivity contribution in [3.63, 3.8) is 0 Å². The SMILES string of the molecule is CNCC=CC(=O)N(C)c1cccc(-n2c(=O)n(-c3ccc(C(=O)Nc4nc5c(s4)CCCC5)cc3)c3c(N)ncnc32)c1. The lowest BCUT2D eigenvalue weighted by atomic mass is 10.0. The van der Waals surface area contributed by atoms with Gasteiger partial charge in [-0.15, -0.1) is 11.3 Å². The number of fused-ring (bicyclic) bond motifs is 2. The maximum absolute atomic E-state index is 14.0. The van der Waals surface area contributed by atoms with Crippen LogP contribution in [-0.2, 0) is 17.6 Å². The van der Waals surface area contributed by atoms with Crippen LogP contribution in [0.2, 0.25) is 0 Å². The number of aromatic nitrogens is 5. The Morgan fingerprint density at radius 1 is 1.07 bits per heavy atom. The molecule has 0 unspecified atom stereocenters. The second-order valence-electron chi connectivity index (χ2n) is 10.4. The second kappa shape index (κ2) is 12.2. The zero-order chi connectivity index (χ0) is 30.8. The molecule has 13 heteroatoms. The number of carbonyl (C=O) groups excluding carboxylic acids is 2. The van der Waals surface area contributed by atoms with Crippen molar-refractivity contribution < 1.29 is 9.59 Å². The van der Waals surface area contributed by atoms with E-state index in [1.165, 1.54) is 42.7 Å². The van der Waals surface area contributed by atoms with Crippen LogP contribution in [0.4, 0.5) is 16.6 Å². The third kappa shape index (κ3) is 5.50. The highest BCUT2D eigenvalue weighted by molar-refractivity contribution is 7.15. The smallest absolute Gasteiger partial charge is 0.339 e. The molecule has 0 radical (unpaired) electrons.